The average Bonchev–Trinajstić information content (AvgIpc) is 2.37. The van der Waals surface area contributed by atoms with Crippen molar-refractivity contribution in [2.75, 3.05) is 0 Å². The minimum absolute atomic E-state index is 0. The Morgan fingerprint density at radius 1 is 0.850 bits per heavy atom. The molecule has 3 N–H and O–H groups in total. The van der Waals surface area contributed by atoms with Gasteiger partial charge in [0.25, 0.3) is 0 Å². The topological polar surface area (TPSA) is 106 Å². The van der Waals surface area contributed by atoms with Crippen molar-refractivity contribution in [3.05, 3.63) is 54.3 Å². The second kappa shape index (κ2) is 7.22. The summed E-state index contributed by atoms with van der Waals surface area (Å²) in [4.78, 5) is 0. The maximum Gasteiger partial charge on any atom is 1.00 e. The van der Waals surface area contributed by atoms with Crippen LogP contribution >= 0.6 is 0 Å². The number of rotatable bonds is 3. The van der Waals surface area contributed by atoms with Gasteiger partial charge in [0.05, 0.1) is 0 Å². The molecule has 2 aromatic carbocycles. The van der Waals surface area contributed by atoms with Gasteiger partial charge in [0.15, 0.2) is 0 Å². The number of azo groups is 1. The second-order valence-corrected chi connectivity index (χ2v) is 7.17. The summed E-state index contributed by atoms with van der Waals surface area (Å²) < 4.78 is 29.1. The quantitative estimate of drug-likeness (QED) is 0.571. The Labute approximate surface area is 141 Å². The fraction of sp³-hybridized carbons (Fsp3) is 0. The zero-order chi connectivity index (χ0) is 13.9. The molecule has 0 radical (unpaired) electrons. The first-order valence-corrected chi connectivity index (χ1v) is 8.73. The maximum absolute atomic E-state index is 11.0. The van der Waals surface area contributed by atoms with Crippen LogP contribution in [0.5, 0.6) is 0 Å². The van der Waals surface area contributed by atoms with E-state index in [-0.39, 0.29) is 33.9 Å². The molecule has 0 unspecified atom stereocenters. The third-order valence-electron chi connectivity index (χ3n) is 2.33. The van der Waals surface area contributed by atoms with Crippen LogP contribution in [-0.2, 0) is 3.74 Å². The van der Waals surface area contributed by atoms with Gasteiger partial charge in [0.1, 0.15) is 0 Å². The largest absolute Gasteiger partial charge is 1.00 e. The van der Waals surface area contributed by atoms with E-state index in [1.54, 1.807) is 24.3 Å². The van der Waals surface area contributed by atoms with E-state index in [2.05, 4.69) is 10.2 Å². The van der Waals surface area contributed by atoms with E-state index in [1.807, 2.05) is 0 Å². The molecule has 0 atom stereocenters. The molecule has 0 aliphatic carbocycles. The van der Waals surface area contributed by atoms with Crippen LogP contribution in [-0.4, -0.2) is 22.4 Å². The van der Waals surface area contributed by atoms with Crippen LogP contribution in [0.15, 0.2) is 58.8 Å². The van der Waals surface area contributed by atoms with Crippen molar-refractivity contribution in [3.8, 4) is 0 Å². The Morgan fingerprint density at radius 2 is 1.25 bits per heavy atom. The molecular formula is C12H11AsN3NaO3. The molecular weight excluding hydrogens is 332 g/mol. The SMILES string of the molecule is [NH-]c1ccc(N=Nc2ccc([As](=O)(O)O)cc2)cc1.[Na+]. The van der Waals surface area contributed by atoms with Gasteiger partial charge in [0.2, 0.25) is 0 Å². The Balaban J connectivity index is 0.00000200. The summed E-state index contributed by atoms with van der Waals surface area (Å²) in [6.07, 6.45) is 0. The van der Waals surface area contributed by atoms with Gasteiger partial charge in [-0.05, 0) is 0 Å². The molecule has 2 rings (SSSR count). The summed E-state index contributed by atoms with van der Waals surface area (Å²) in [6.45, 7) is 0. The zero-order valence-electron chi connectivity index (χ0n) is 10.8. The summed E-state index contributed by atoms with van der Waals surface area (Å²) in [7, 11) is 0. The normalized spacial score (nSPS) is 11.3. The second-order valence-electron chi connectivity index (χ2n) is 3.81. The van der Waals surface area contributed by atoms with Gasteiger partial charge in [-0.1, -0.05) is 0 Å². The Hall–Kier alpha value is -0.882. The van der Waals surface area contributed by atoms with Crippen LogP contribution in [0.1, 0.15) is 0 Å². The van der Waals surface area contributed by atoms with E-state index in [0.29, 0.717) is 17.1 Å². The van der Waals surface area contributed by atoms with Crippen LogP contribution in [0, 0.1) is 0 Å². The molecule has 0 aromatic heterocycles. The predicted octanol–water partition coefficient (Wildman–Crippen LogP) is -0.649. The number of nitrogens with zero attached hydrogens (tertiary/aromatic N) is 2. The van der Waals surface area contributed by atoms with E-state index in [9.17, 15) is 3.74 Å². The molecule has 20 heavy (non-hydrogen) atoms. The van der Waals surface area contributed by atoms with E-state index in [4.69, 9.17) is 13.9 Å². The molecule has 0 saturated heterocycles. The molecule has 0 aliphatic heterocycles. The first kappa shape index (κ1) is 17.2. The van der Waals surface area contributed by atoms with Gasteiger partial charge in [-0.15, -0.1) is 0 Å². The van der Waals surface area contributed by atoms with Crippen molar-refractivity contribution in [2.24, 2.45) is 10.2 Å². The fourth-order valence-electron chi connectivity index (χ4n) is 1.36. The molecule has 0 bridgehead atoms. The molecule has 0 spiro atoms. The van der Waals surface area contributed by atoms with E-state index < -0.39 is 14.2 Å². The third kappa shape index (κ3) is 4.90. The Bertz CT molecular complexity index is 638. The maximum atomic E-state index is 11.0. The van der Waals surface area contributed by atoms with Crippen molar-refractivity contribution < 1.29 is 41.5 Å². The zero-order valence-corrected chi connectivity index (χ0v) is 14.6. The molecule has 6 nitrogen and oxygen atoms in total. The van der Waals surface area contributed by atoms with Gasteiger partial charge in [-0.3, -0.25) is 0 Å². The first-order valence-electron chi connectivity index (χ1n) is 5.35. The minimum Gasteiger partial charge on any atom is 1.00 e. The summed E-state index contributed by atoms with van der Waals surface area (Å²) in [5, 5.41) is 7.91. The van der Waals surface area contributed by atoms with Gasteiger partial charge in [0, 0.05) is 0 Å². The summed E-state index contributed by atoms with van der Waals surface area (Å²) in [6, 6.07) is 12.2. The first-order chi connectivity index (χ1) is 8.95. The van der Waals surface area contributed by atoms with Crippen LogP contribution in [0.25, 0.3) is 5.73 Å². The van der Waals surface area contributed by atoms with Gasteiger partial charge in [-0.2, -0.15) is 0 Å². The van der Waals surface area contributed by atoms with E-state index in [0.717, 1.165) is 0 Å². The molecule has 0 aliphatic rings. The molecule has 0 fully saturated rings. The van der Waals surface area contributed by atoms with Crippen LogP contribution in [0.4, 0.5) is 17.1 Å². The van der Waals surface area contributed by atoms with Crippen molar-refractivity contribution >= 4 is 35.6 Å². The minimum atomic E-state index is -4.82. The molecule has 8 heteroatoms. The van der Waals surface area contributed by atoms with Crippen molar-refractivity contribution in [1.29, 1.82) is 0 Å². The average molecular weight is 343 g/mol. The van der Waals surface area contributed by atoms with Gasteiger partial charge >= 0.3 is 142 Å². The number of hydrogen-bond acceptors (Lipinski definition) is 3. The standard InChI is InChI=1S/C12H11AsN3O3.Na/c14-10-3-7-12(8-4-10)16-15-11-5-1-9(2-6-11)13(17,18)19;/h1-8,14H,(H2,17,18,19);/q-1;+1. The van der Waals surface area contributed by atoms with Crippen LogP contribution in [0.3, 0.4) is 0 Å². The van der Waals surface area contributed by atoms with Gasteiger partial charge < -0.3 is 0 Å². The summed E-state index contributed by atoms with van der Waals surface area (Å²) in [5.41, 5.74) is 8.83. The number of hydrogen-bond donors (Lipinski definition) is 2. The summed E-state index contributed by atoms with van der Waals surface area (Å²) >= 11 is -4.82. The Kier molecular flexibility index (Phi) is 6.20. The predicted molar refractivity (Wildman–Crippen MR) is 71.6 cm³/mol. The van der Waals surface area contributed by atoms with Gasteiger partial charge in [-0.25, -0.2) is 0 Å². The third-order valence-corrected chi connectivity index (χ3v) is 4.37. The molecule has 0 heterocycles. The summed E-state index contributed by atoms with van der Waals surface area (Å²) in [5.74, 6) is 0. The monoisotopic (exact) mass is 343 g/mol. The van der Waals surface area contributed by atoms with Crippen molar-refractivity contribution in [2.45, 2.75) is 0 Å². The van der Waals surface area contributed by atoms with E-state index in [1.165, 1.54) is 24.3 Å². The fourth-order valence-corrected chi connectivity index (χ4v) is 2.48. The van der Waals surface area contributed by atoms with Crippen LogP contribution in [0.2, 0.25) is 0 Å². The smallest absolute Gasteiger partial charge is 1.00 e. The van der Waals surface area contributed by atoms with E-state index >= 15 is 0 Å². The Morgan fingerprint density at radius 3 is 1.65 bits per heavy atom. The number of nitrogens with one attached hydrogen (secondary N) is 1. The molecule has 0 saturated carbocycles. The number of benzene rings is 2. The molecule has 2 aromatic rings. The molecule has 98 valence electrons. The molecule has 0 amide bonds. The van der Waals surface area contributed by atoms with Crippen molar-refractivity contribution in [3.63, 3.8) is 0 Å². The van der Waals surface area contributed by atoms with Crippen LogP contribution < -0.4 is 33.9 Å². The van der Waals surface area contributed by atoms with Crippen molar-refractivity contribution in [1.82, 2.24) is 0 Å².